The van der Waals surface area contributed by atoms with Crippen molar-refractivity contribution in [2.45, 2.75) is 40.7 Å². The lowest BCUT2D eigenvalue weighted by Crippen LogP contribution is -2.45. The topological polar surface area (TPSA) is 84.2 Å². The largest absolute Gasteiger partial charge is 0.326 e. The van der Waals surface area contributed by atoms with Crippen molar-refractivity contribution in [3.8, 4) is 0 Å². The lowest BCUT2D eigenvalue weighted by atomic mass is 9.87. The molecule has 4 N–H and O–H groups in total. The highest BCUT2D eigenvalue weighted by atomic mass is 16.2. The van der Waals surface area contributed by atoms with Crippen molar-refractivity contribution in [3.05, 3.63) is 23.8 Å². The summed E-state index contributed by atoms with van der Waals surface area (Å²) in [4.78, 5) is 23.1. The van der Waals surface area contributed by atoms with Crippen LogP contribution >= 0.6 is 0 Å². The van der Waals surface area contributed by atoms with Gasteiger partial charge in [0.25, 0.3) is 0 Å². The summed E-state index contributed by atoms with van der Waals surface area (Å²) < 4.78 is 0. The summed E-state index contributed by atoms with van der Waals surface area (Å²) in [5, 5.41) is 5.52. The van der Waals surface area contributed by atoms with Crippen molar-refractivity contribution < 1.29 is 9.59 Å². The molecule has 0 saturated carbocycles. The summed E-state index contributed by atoms with van der Waals surface area (Å²) in [5.41, 5.74) is 7.89. The van der Waals surface area contributed by atoms with E-state index in [2.05, 4.69) is 10.6 Å². The zero-order valence-corrected chi connectivity index (χ0v) is 12.7. The second kappa shape index (κ2) is 6.05. The van der Waals surface area contributed by atoms with Crippen LogP contribution < -0.4 is 16.4 Å². The third-order valence-electron chi connectivity index (χ3n) is 3.02. The molecule has 0 aliphatic carbocycles. The number of rotatable bonds is 3. The Bertz CT molecular complexity index is 518. The minimum atomic E-state index is -0.585. The van der Waals surface area contributed by atoms with Crippen molar-refractivity contribution in [1.82, 2.24) is 0 Å². The van der Waals surface area contributed by atoms with Gasteiger partial charge in [-0.05, 0) is 36.1 Å². The van der Waals surface area contributed by atoms with E-state index in [4.69, 9.17) is 5.73 Å². The van der Waals surface area contributed by atoms with E-state index in [0.29, 0.717) is 5.69 Å². The Kier molecular flexibility index (Phi) is 4.89. The minimum absolute atomic E-state index is 0.125. The molecule has 0 aliphatic rings. The molecule has 0 spiro atoms. The summed E-state index contributed by atoms with van der Waals surface area (Å²) in [6.45, 7) is 9.08. The Morgan fingerprint density at radius 1 is 1.20 bits per heavy atom. The van der Waals surface area contributed by atoms with E-state index >= 15 is 0 Å². The van der Waals surface area contributed by atoms with Crippen LogP contribution in [-0.4, -0.2) is 17.9 Å². The summed E-state index contributed by atoms with van der Waals surface area (Å²) in [7, 11) is 0. The third kappa shape index (κ3) is 4.35. The maximum Gasteiger partial charge on any atom is 0.241 e. The first-order chi connectivity index (χ1) is 9.11. The smallest absolute Gasteiger partial charge is 0.241 e. The number of amides is 2. The number of hydrogen-bond donors (Lipinski definition) is 3. The van der Waals surface area contributed by atoms with Crippen molar-refractivity contribution in [2.24, 2.45) is 11.1 Å². The summed E-state index contributed by atoms with van der Waals surface area (Å²) >= 11 is 0. The van der Waals surface area contributed by atoms with Crippen LogP contribution in [0.1, 0.15) is 33.3 Å². The van der Waals surface area contributed by atoms with Gasteiger partial charge in [-0.25, -0.2) is 0 Å². The number of anilines is 2. The number of nitrogens with one attached hydrogen (secondary N) is 2. The first-order valence-electron chi connectivity index (χ1n) is 6.56. The van der Waals surface area contributed by atoms with Gasteiger partial charge in [0.1, 0.15) is 0 Å². The zero-order chi connectivity index (χ0) is 15.5. The van der Waals surface area contributed by atoms with Crippen LogP contribution in [0.2, 0.25) is 0 Å². The quantitative estimate of drug-likeness (QED) is 0.792. The minimum Gasteiger partial charge on any atom is -0.326 e. The van der Waals surface area contributed by atoms with E-state index in [1.807, 2.05) is 27.7 Å². The Balaban J connectivity index is 2.82. The normalized spacial score (nSPS) is 12.7. The standard InChI is InChI=1S/C15H23N3O2/c1-9-8-11(6-7-12(9)17-10(2)19)18-14(20)13(16)15(3,4)5/h6-8,13H,16H2,1-5H3,(H,17,19)(H,18,20)/t13-/m1/s1. The average molecular weight is 277 g/mol. The SMILES string of the molecule is CC(=O)Nc1ccc(NC(=O)[C@@H](N)C(C)(C)C)cc1C. The molecule has 1 aromatic carbocycles. The van der Waals surface area contributed by atoms with Gasteiger partial charge in [-0.1, -0.05) is 20.8 Å². The third-order valence-corrected chi connectivity index (χ3v) is 3.02. The van der Waals surface area contributed by atoms with Gasteiger partial charge in [-0.15, -0.1) is 0 Å². The molecular formula is C15H23N3O2. The van der Waals surface area contributed by atoms with Crippen LogP contribution in [0.4, 0.5) is 11.4 Å². The molecule has 5 heteroatoms. The van der Waals surface area contributed by atoms with Crippen molar-refractivity contribution in [1.29, 1.82) is 0 Å². The molecule has 20 heavy (non-hydrogen) atoms. The molecule has 1 aromatic rings. The number of benzene rings is 1. The number of nitrogens with two attached hydrogens (primary N) is 1. The van der Waals surface area contributed by atoms with Crippen LogP contribution in [0.5, 0.6) is 0 Å². The van der Waals surface area contributed by atoms with E-state index in [0.717, 1.165) is 11.3 Å². The molecular weight excluding hydrogens is 254 g/mol. The summed E-state index contributed by atoms with van der Waals surface area (Å²) in [5.74, 6) is -0.344. The van der Waals surface area contributed by atoms with E-state index < -0.39 is 6.04 Å². The Morgan fingerprint density at radius 2 is 1.80 bits per heavy atom. The van der Waals surface area contributed by atoms with E-state index in [1.54, 1.807) is 18.2 Å². The highest BCUT2D eigenvalue weighted by molar-refractivity contribution is 5.96. The molecule has 110 valence electrons. The van der Waals surface area contributed by atoms with E-state index in [9.17, 15) is 9.59 Å². The molecule has 1 rings (SSSR count). The van der Waals surface area contributed by atoms with Gasteiger partial charge in [0, 0.05) is 18.3 Å². The summed E-state index contributed by atoms with van der Waals surface area (Å²) in [6.07, 6.45) is 0. The van der Waals surface area contributed by atoms with Gasteiger partial charge in [0.2, 0.25) is 11.8 Å². The Labute approximate surface area is 119 Å². The van der Waals surface area contributed by atoms with Gasteiger partial charge >= 0.3 is 0 Å². The van der Waals surface area contributed by atoms with Gasteiger partial charge in [0.05, 0.1) is 6.04 Å². The molecule has 0 saturated heterocycles. The van der Waals surface area contributed by atoms with Crippen LogP contribution in [0.3, 0.4) is 0 Å². The predicted octanol–water partition coefficient (Wildman–Crippen LogP) is 2.27. The van der Waals surface area contributed by atoms with Crippen LogP contribution in [0.15, 0.2) is 18.2 Å². The molecule has 0 heterocycles. The fourth-order valence-electron chi connectivity index (χ4n) is 1.68. The van der Waals surface area contributed by atoms with Crippen molar-refractivity contribution in [2.75, 3.05) is 10.6 Å². The van der Waals surface area contributed by atoms with Gasteiger partial charge < -0.3 is 16.4 Å². The zero-order valence-electron chi connectivity index (χ0n) is 12.7. The molecule has 0 unspecified atom stereocenters. The number of carbonyl (C=O) groups excluding carboxylic acids is 2. The molecule has 2 amide bonds. The summed E-state index contributed by atoms with van der Waals surface area (Å²) in [6, 6.07) is 4.72. The highest BCUT2D eigenvalue weighted by Crippen LogP contribution is 2.22. The van der Waals surface area contributed by atoms with E-state index in [-0.39, 0.29) is 17.2 Å². The maximum atomic E-state index is 12.0. The lowest BCUT2D eigenvalue weighted by molar-refractivity contribution is -0.119. The average Bonchev–Trinajstić information content (AvgIpc) is 2.30. The van der Waals surface area contributed by atoms with E-state index in [1.165, 1.54) is 6.92 Å². The molecule has 0 radical (unpaired) electrons. The van der Waals surface area contributed by atoms with Gasteiger partial charge in [-0.3, -0.25) is 9.59 Å². The second-order valence-electron chi connectivity index (χ2n) is 6.04. The lowest BCUT2D eigenvalue weighted by Gasteiger charge is -2.25. The number of aryl methyl sites for hydroxylation is 1. The first kappa shape index (κ1) is 16.2. The monoisotopic (exact) mass is 277 g/mol. The highest BCUT2D eigenvalue weighted by Gasteiger charge is 2.27. The fourth-order valence-corrected chi connectivity index (χ4v) is 1.68. The number of carbonyl (C=O) groups is 2. The molecule has 0 aromatic heterocycles. The van der Waals surface area contributed by atoms with Crippen LogP contribution in [0, 0.1) is 12.3 Å². The van der Waals surface area contributed by atoms with Crippen LogP contribution in [-0.2, 0) is 9.59 Å². The van der Waals surface area contributed by atoms with Gasteiger partial charge in [0.15, 0.2) is 0 Å². The molecule has 5 nitrogen and oxygen atoms in total. The van der Waals surface area contributed by atoms with Crippen molar-refractivity contribution in [3.63, 3.8) is 0 Å². The van der Waals surface area contributed by atoms with Crippen LogP contribution in [0.25, 0.3) is 0 Å². The molecule has 0 bridgehead atoms. The van der Waals surface area contributed by atoms with Gasteiger partial charge in [-0.2, -0.15) is 0 Å². The fraction of sp³-hybridized carbons (Fsp3) is 0.467. The molecule has 0 fully saturated rings. The maximum absolute atomic E-state index is 12.0. The first-order valence-corrected chi connectivity index (χ1v) is 6.56. The molecule has 1 atom stereocenters. The molecule has 0 aliphatic heterocycles. The predicted molar refractivity (Wildman–Crippen MR) is 81.5 cm³/mol. The second-order valence-corrected chi connectivity index (χ2v) is 6.04. The number of hydrogen-bond acceptors (Lipinski definition) is 3. The Morgan fingerprint density at radius 3 is 2.25 bits per heavy atom. The van der Waals surface area contributed by atoms with Crippen molar-refractivity contribution >= 4 is 23.2 Å². The Hall–Kier alpha value is -1.88.